The van der Waals surface area contributed by atoms with E-state index < -0.39 is 6.10 Å². The maximum absolute atomic E-state index is 12.9. The number of likely N-dealkylation sites (tertiary alicyclic amines) is 1. The Balaban J connectivity index is 1.40. The van der Waals surface area contributed by atoms with E-state index >= 15 is 0 Å². The van der Waals surface area contributed by atoms with E-state index in [2.05, 4.69) is 34.5 Å². The molecule has 2 atom stereocenters. The van der Waals surface area contributed by atoms with Crippen LogP contribution in [-0.4, -0.2) is 41.6 Å². The second-order valence-corrected chi connectivity index (χ2v) is 8.78. The lowest BCUT2D eigenvalue weighted by molar-refractivity contribution is -0.123. The Labute approximate surface area is 173 Å². The molecule has 1 saturated heterocycles. The van der Waals surface area contributed by atoms with Crippen LogP contribution >= 0.6 is 0 Å². The standard InChI is InChI=1S/C25H32N2O2/c1-18-8-10-20(11-9-18)25(29)23(17-27-12-4-5-13-27)26-24(28)16-19-14-21-6-2-3-7-22(21)15-19/h2-3,6-11,19,23,25,29H,4-5,12-17H2,1H3,(H,26,28)/t23-,25-/m1/s1. The second kappa shape index (κ2) is 9.10. The van der Waals surface area contributed by atoms with Gasteiger partial charge in [0.25, 0.3) is 0 Å². The average molecular weight is 393 g/mol. The predicted octanol–water partition coefficient (Wildman–Crippen LogP) is 3.41. The van der Waals surface area contributed by atoms with Crippen molar-refractivity contribution in [2.75, 3.05) is 19.6 Å². The molecule has 4 nitrogen and oxygen atoms in total. The summed E-state index contributed by atoms with van der Waals surface area (Å²) in [4.78, 5) is 15.2. The van der Waals surface area contributed by atoms with Crippen molar-refractivity contribution in [1.29, 1.82) is 0 Å². The lowest BCUT2D eigenvalue weighted by Crippen LogP contribution is -2.47. The lowest BCUT2D eigenvalue weighted by atomic mass is 9.98. The Hall–Kier alpha value is -2.17. The van der Waals surface area contributed by atoms with Gasteiger partial charge in [-0.1, -0.05) is 54.1 Å². The van der Waals surface area contributed by atoms with Gasteiger partial charge in [0, 0.05) is 13.0 Å². The number of carbonyl (C=O) groups excluding carboxylic acids is 1. The average Bonchev–Trinajstić information content (AvgIpc) is 3.36. The summed E-state index contributed by atoms with van der Waals surface area (Å²) in [6.07, 6.45) is 4.16. The molecule has 0 saturated carbocycles. The van der Waals surface area contributed by atoms with Gasteiger partial charge in [-0.25, -0.2) is 0 Å². The summed E-state index contributed by atoms with van der Waals surface area (Å²) in [6, 6.07) is 16.2. The number of amides is 1. The quantitative estimate of drug-likeness (QED) is 0.759. The molecule has 4 rings (SSSR count). The van der Waals surface area contributed by atoms with Crippen molar-refractivity contribution in [3.8, 4) is 0 Å². The molecule has 2 N–H and O–H groups in total. The van der Waals surface area contributed by atoms with E-state index in [0.29, 0.717) is 18.9 Å². The monoisotopic (exact) mass is 392 g/mol. The van der Waals surface area contributed by atoms with E-state index in [4.69, 9.17) is 0 Å². The number of nitrogens with zero attached hydrogens (tertiary/aromatic N) is 1. The van der Waals surface area contributed by atoms with Crippen molar-refractivity contribution in [3.63, 3.8) is 0 Å². The fourth-order valence-corrected chi connectivity index (χ4v) is 4.79. The van der Waals surface area contributed by atoms with E-state index in [0.717, 1.165) is 31.5 Å². The van der Waals surface area contributed by atoms with E-state index in [1.54, 1.807) is 0 Å². The van der Waals surface area contributed by atoms with Crippen LogP contribution in [0.1, 0.15) is 47.6 Å². The smallest absolute Gasteiger partial charge is 0.220 e. The minimum absolute atomic E-state index is 0.0539. The van der Waals surface area contributed by atoms with E-state index in [1.807, 2.05) is 31.2 Å². The van der Waals surface area contributed by atoms with Gasteiger partial charge in [0.2, 0.25) is 5.91 Å². The number of nitrogens with one attached hydrogen (secondary N) is 1. The van der Waals surface area contributed by atoms with Crippen molar-refractivity contribution in [2.24, 2.45) is 5.92 Å². The molecule has 0 spiro atoms. The van der Waals surface area contributed by atoms with Gasteiger partial charge < -0.3 is 15.3 Å². The van der Waals surface area contributed by atoms with Crippen molar-refractivity contribution >= 4 is 5.91 Å². The molecule has 2 aliphatic rings. The molecule has 1 amide bonds. The minimum atomic E-state index is -0.694. The molecule has 154 valence electrons. The van der Waals surface area contributed by atoms with Crippen molar-refractivity contribution in [2.45, 2.75) is 51.2 Å². The molecular weight excluding hydrogens is 360 g/mol. The van der Waals surface area contributed by atoms with Crippen LogP contribution in [0.25, 0.3) is 0 Å². The Morgan fingerprint density at radius 2 is 1.69 bits per heavy atom. The van der Waals surface area contributed by atoms with Crippen LogP contribution in [0.15, 0.2) is 48.5 Å². The van der Waals surface area contributed by atoms with Crippen LogP contribution in [-0.2, 0) is 17.6 Å². The van der Waals surface area contributed by atoms with Crippen LogP contribution < -0.4 is 5.32 Å². The summed E-state index contributed by atoms with van der Waals surface area (Å²) in [7, 11) is 0. The molecule has 1 aliphatic heterocycles. The number of rotatable bonds is 7. The summed E-state index contributed by atoms with van der Waals surface area (Å²) in [5.74, 6) is 0.412. The van der Waals surface area contributed by atoms with Crippen molar-refractivity contribution < 1.29 is 9.90 Å². The fourth-order valence-electron chi connectivity index (χ4n) is 4.79. The largest absolute Gasteiger partial charge is 0.386 e. The normalized spacial score (nSPS) is 19.1. The predicted molar refractivity (Wildman–Crippen MR) is 116 cm³/mol. The fraction of sp³-hybridized carbons (Fsp3) is 0.480. The third-order valence-corrected chi connectivity index (χ3v) is 6.41. The molecule has 0 unspecified atom stereocenters. The molecular formula is C25H32N2O2. The second-order valence-electron chi connectivity index (χ2n) is 8.78. The molecule has 1 heterocycles. The minimum Gasteiger partial charge on any atom is -0.386 e. The maximum Gasteiger partial charge on any atom is 0.220 e. The van der Waals surface area contributed by atoms with Crippen LogP contribution in [0, 0.1) is 12.8 Å². The first kappa shape index (κ1) is 20.1. The Kier molecular flexibility index (Phi) is 6.31. The highest BCUT2D eigenvalue weighted by Gasteiger charge is 2.29. The maximum atomic E-state index is 12.9. The Morgan fingerprint density at radius 3 is 2.31 bits per heavy atom. The molecule has 1 fully saturated rings. The number of hydrogen-bond donors (Lipinski definition) is 2. The summed E-state index contributed by atoms with van der Waals surface area (Å²) in [6.45, 7) is 4.83. The number of carbonyl (C=O) groups is 1. The van der Waals surface area contributed by atoms with Gasteiger partial charge in [-0.15, -0.1) is 0 Å². The molecule has 2 aromatic rings. The molecule has 2 aromatic carbocycles. The zero-order chi connectivity index (χ0) is 20.2. The number of aliphatic hydroxyl groups is 1. The molecule has 1 aliphatic carbocycles. The van der Waals surface area contributed by atoms with Crippen LogP contribution in [0.4, 0.5) is 0 Å². The molecule has 0 aromatic heterocycles. The third-order valence-electron chi connectivity index (χ3n) is 6.41. The molecule has 4 heteroatoms. The van der Waals surface area contributed by atoms with E-state index in [1.165, 1.54) is 29.5 Å². The van der Waals surface area contributed by atoms with Gasteiger partial charge in [0.15, 0.2) is 0 Å². The van der Waals surface area contributed by atoms with Crippen LogP contribution in [0.3, 0.4) is 0 Å². The van der Waals surface area contributed by atoms with Crippen molar-refractivity contribution in [1.82, 2.24) is 10.2 Å². The Bertz CT molecular complexity index is 802. The highest BCUT2D eigenvalue weighted by atomic mass is 16.3. The highest BCUT2D eigenvalue weighted by molar-refractivity contribution is 5.77. The number of aliphatic hydroxyl groups excluding tert-OH is 1. The summed E-state index contributed by atoms with van der Waals surface area (Å²) in [5, 5.41) is 14.2. The van der Waals surface area contributed by atoms with Gasteiger partial charge >= 0.3 is 0 Å². The molecule has 29 heavy (non-hydrogen) atoms. The van der Waals surface area contributed by atoms with Gasteiger partial charge in [0.05, 0.1) is 6.04 Å². The van der Waals surface area contributed by atoms with Gasteiger partial charge in [-0.3, -0.25) is 4.79 Å². The number of aryl methyl sites for hydroxylation is 1. The SMILES string of the molecule is Cc1ccc([C@@H](O)[C@@H](CN2CCCC2)NC(=O)CC2Cc3ccccc3C2)cc1. The van der Waals surface area contributed by atoms with Gasteiger partial charge in [-0.2, -0.15) is 0 Å². The van der Waals surface area contributed by atoms with Crippen LogP contribution in [0.5, 0.6) is 0 Å². The third kappa shape index (κ3) is 5.06. The molecule has 0 bridgehead atoms. The number of hydrogen-bond acceptors (Lipinski definition) is 3. The Morgan fingerprint density at radius 1 is 1.07 bits per heavy atom. The summed E-state index contributed by atoms with van der Waals surface area (Å²) in [5.41, 5.74) is 4.78. The first-order chi connectivity index (χ1) is 14.1. The van der Waals surface area contributed by atoms with Crippen LogP contribution in [0.2, 0.25) is 0 Å². The zero-order valence-corrected chi connectivity index (χ0v) is 17.3. The number of fused-ring (bicyclic) bond motifs is 1. The molecule has 0 radical (unpaired) electrons. The van der Waals surface area contributed by atoms with Crippen molar-refractivity contribution in [3.05, 3.63) is 70.8 Å². The van der Waals surface area contributed by atoms with E-state index in [9.17, 15) is 9.90 Å². The first-order valence-electron chi connectivity index (χ1n) is 10.9. The first-order valence-corrected chi connectivity index (χ1v) is 10.9. The summed E-state index contributed by atoms with van der Waals surface area (Å²) < 4.78 is 0. The van der Waals surface area contributed by atoms with Gasteiger partial charge in [0.1, 0.15) is 6.10 Å². The lowest BCUT2D eigenvalue weighted by Gasteiger charge is -2.29. The highest BCUT2D eigenvalue weighted by Crippen LogP contribution is 2.29. The van der Waals surface area contributed by atoms with Gasteiger partial charge in [-0.05, 0) is 68.3 Å². The number of benzene rings is 2. The zero-order valence-electron chi connectivity index (χ0n) is 17.3. The topological polar surface area (TPSA) is 52.6 Å². The van der Waals surface area contributed by atoms with E-state index in [-0.39, 0.29) is 11.9 Å². The summed E-state index contributed by atoms with van der Waals surface area (Å²) >= 11 is 0.